The van der Waals surface area contributed by atoms with E-state index < -0.39 is 12.2 Å². The third kappa shape index (κ3) is 4.47. The molecule has 4 aromatic rings. The number of fused-ring (bicyclic) bond motifs is 4. The molecule has 7 nitrogen and oxygen atoms in total. The molecular weight excluding hydrogens is 541 g/mol. The number of alkyl halides is 1. The Morgan fingerprint density at radius 1 is 1.02 bits per heavy atom. The van der Waals surface area contributed by atoms with E-state index in [1.807, 2.05) is 65.2 Å². The Bertz CT molecular complexity index is 1610. The Morgan fingerprint density at radius 2 is 1.83 bits per heavy atom. The Hall–Kier alpha value is -3.85. The molecule has 0 saturated heterocycles. The molecule has 1 saturated carbocycles. The fraction of sp³-hybridized carbons (Fsp3) is 0.375. The summed E-state index contributed by atoms with van der Waals surface area (Å²) >= 11 is 1.51. The summed E-state index contributed by atoms with van der Waals surface area (Å²) in [4.78, 5) is 31.9. The molecule has 2 aliphatic heterocycles. The van der Waals surface area contributed by atoms with Crippen molar-refractivity contribution in [3.05, 3.63) is 82.4 Å². The normalized spacial score (nSPS) is 20.4. The number of nitrogens with zero attached hydrogens (tertiary/aromatic N) is 2. The Morgan fingerprint density at radius 3 is 2.63 bits per heavy atom. The van der Waals surface area contributed by atoms with Crippen molar-refractivity contribution >= 4 is 33.4 Å². The number of carbonyl (C=O) groups is 2. The van der Waals surface area contributed by atoms with Crippen LogP contribution in [0.3, 0.4) is 0 Å². The first kappa shape index (κ1) is 26.1. The first-order valence-corrected chi connectivity index (χ1v) is 15.1. The minimum absolute atomic E-state index is 0.0720. The predicted molar refractivity (Wildman–Crippen MR) is 155 cm³/mol. The molecule has 9 heteroatoms. The molecule has 3 aliphatic rings. The van der Waals surface area contributed by atoms with Gasteiger partial charge in [0.2, 0.25) is 6.79 Å². The summed E-state index contributed by atoms with van der Waals surface area (Å²) in [5.74, 6) is 0.915. The van der Waals surface area contributed by atoms with Gasteiger partial charge in [-0.2, -0.15) is 0 Å². The van der Waals surface area contributed by atoms with Crippen LogP contribution in [0.25, 0.3) is 10.2 Å². The molecule has 1 atom stereocenters. The zero-order valence-electron chi connectivity index (χ0n) is 22.7. The number of rotatable bonds is 7. The van der Waals surface area contributed by atoms with Crippen molar-refractivity contribution < 1.29 is 23.5 Å². The van der Waals surface area contributed by atoms with Crippen molar-refractivity contribution in [3.8, 4) is 11.5 Å². The van der Waals surface area contributed by atoms with Crippen LogP contribution >= 0.6 is 11.3 Å². The summed E-state index contributed by atoms with van der Waals surface area (Å²) < 4.78 is 27.2. The third-order valence-electron chi connectivity index (χ3n) is 8.64. The topological polar surface area (TPSA) is 72.8 Å². The molecule has 2 aromatic heterocycles. The van der Waals surface area contributed by atoms with E-state index >= 15 is 0 Å². The number of amides is 2. The molecule has 4 heterocycles. The second kappa shape index (κ2) is 10.5. The highest BCUT2D eigenvalue weighted by Gasteiger charge is 2.53. The van der Waals surface area contributed by atoms with Crippen molar-refractivity contribution in [1.29, 1.82) is 0 Å². The van der Waals surface area contributed by atoms with Gasteiger partial charge < -0.3 is 24.3 Å². The highest BCUT2D eigenvalue weighted by molar-refractivity contribution is 7.19. The van der Waals surface area contributed by atoms with E-state index in [2.05, 4.69) is 5.32 Å². The summed E-state index contributed by atoms with van der Waals surface area (Å²) in [5, 5.41) is 3.36. The van der Waals surface area contributed by atoms with E-state index in [1.165, 1.54) is 17.8 Å². The second-order valence-corrected chi connectivity index (χ2v) is 12.3. The number of aromatic nitrogens is 1. The first-order valence-electron chi connectivity index (χ1n) is 14.3. The van der Waals surface area contributed by atoms with Crippen molar-refractivity contribution in [1.82, 2.24) is 14.8 Å². The van der Waals surface area contributed by atoms with Crippen molar-refractivity contribution in [2.24, 2.45) is 0 Å². The van der Waals surface area contributed by atoms with E-state index in [0.717, 1.165) is 51.9 Å². The molecule has 1 N–H and O–H groups in total. The maximum Gasteiger partial charge on any atom is 0.272 e. The van der Waals surface area contributed by atoms with Gasteiger partial charge in [0, 0.05) is 23.9 Å². The highest BCUT2D eigenvalue weighted by atomic mass is 32.1. The van der Waals surface area contributed by atoms with E-state index in [4.69, 9.17) is 9.47 Å². The van der Waals surface area contributed by atoms with Gasteiger partial charge in [0.1, 0.15) is 5.69 Å². The van der Waals surface area contributed by atoms with E-state index in [-0.39, 0.29) is 37.7 Å². The van der Waals surface area contributed by atoms with Crippen LogP contribution in [0, 0.1) is 0 Å². The fourth-order valence-corrected chi connectivity index (χ4v) is 7.63. The largest absolute Gasteiger partial charge is 0.454 e. The number of nitrogens with one attached hydrogen (secondary N) is 1. The quantitative estimate of drug-likeness (QED) is 0.297. The summed E-state index contributed by atoms with van der Waals surface area (Å²) in [6, 6.07) is 19.2. The average molecular weight is 574 g/mol. The Labute approximate surface area is 241 Å². The van der Waals surface area contributed by atoms with Crippen LogP contribution in [0.2, 0.25) is 0 Å². The minimum Gasteiger partial charge on any atom is -0.454 e. The molecule has 1 unspecified atom stereocenters. The molecule has 2 aromatic carbocycles. The van der Waals surface area contributed by atoms with Gasteiger partial charge in [0.15, 0.2) is 17.0 Å². The lowest BCUT2D eigenvalue weighted by molar-refractivity contribution is -0.136. The van der Waals surface area contributed by atoms with E-state index in [1.54, 1.807) is 4.90 Å². The standard InChI is InChI=1S/C32H32FN3O4S/c33-14-13-24-16-25-29(41-24)17-26-30(37)36(18-21-11-12-27-28(15-21)40-20-39-27)32(19-35(25)26,22-7-3-1-4-8-22)31(38)34-23-9-5-2-6-10-23/h1,3-4,7-8,11-12,15-17,23H,2,5-6,9-10,13-14,18-20H2,(H,34,38). The van der Waals surface area contributed by atoms with E-state index in [0.29, 0.717) is 23.6 Å². The molecule has 0 spiro atoms. The van der Waals surface area contributed by atoms with Crippen LogP contribution in [0.15, 0.2) is 60.7 Å². The van der Waals surface area contributed by atoms with Gasteiger partial charge >= 0.3 is 0 Å². The zero-order chi connectivity index (χ0) is 28.0. The second-order valence-electron chi connectivity index (χ2n) is 11.1. The van der Waals surface area contributed by atoms with Gasteiger partial charge in [-0.15, -0.1) is 11.3 Å². The van der Waals surface area contributed by atoms with Crippen molar-refractivity contribution in [2.45, 2.75) is 63.2 Å². The van der Waals surface area contributed by atoms with Crippen LogP contribution in [-0.2, 0) is 29.8 Å². The number of hydrogen-bond acceptors (Lipinski definition) is 5. The summed E-state index contributed by atoms with van der Waals surface area (Å²) in [7, 11) is 0. The third-order valence-corrected chi connectivity index (χ3v) is 9.77. The van der Waals surface area contributed by atoms with Crippen LogP contribution in [0.4, 0.5) is 4.39 Å². The van der Waals surface area contributed by atoms with E-state index in [9.17, 15) is 14.0 Å². The molecule has 7 rings (SSSR count). The van der Waals surface area contributed by atoms with Gasteiger partial charge in [-0.1, -0.05) is 55.7 Å². The molecule has 1 fully saturated rings. The van der Waals surface area contributed by atoms with Gasteiger partial charge in [-0.25, -0.2) is 0 Å². The molecular formula is C32H32FN3O4S. The summed E-state index contributed by atoms with van der Waals surface area (Å²) in [5.41, 5.74) is 1.72. The van der Waals surface area contributed by atoms with Gasteiger partial charge in [-0.3, -0.25) is 14.0 Å². The number of thiophene rings is 1. The number of halogens is 1. The van der Waals surface area contributed by atoms with Gasteiger partial charge in [0.05, 0.1) is 23.4 Å². The molecule has 0 bridgehead atoms. The molecule has 41 heavy (non-hydrogen) atoms. The van der Waals surface area contributed by atoms with Gasteiger partial charge in [-0.05, 0) is 48.2 Å². The first-order chi connectivity index (χ1) is 20.1. The van der Waals surface area contributed by atoms with Crippen LogP contribution in [0.1, 0.15) is 58.6 Å². The van der Waals surface area contributed by atoms with Crippen LogP contribution < -0.4 is 14.8 Å². The monoisotopic (exact) mass is 573 g/mol. The van der Waals surface area contributed by atoms with Crippen LogP contribution in [-0.4, -0.2) is 40.8 Å². The fourth-order valence-electron chi connectivity index (χ4n) is 6.55. The number of ether oxygens (including phenoxy) is 2. The lowest BCUT2D eigenvalue weighted by Crippen LogP contribution is -2.64. The Balaban J connectivity index is 1.38. The molecule has 0 radical (unpaired) electrons. The Kier molecular flexibility index (Phi) is 6.69. The SMILES string of the molecule is O=C1c2cc3sc(CCF)cc3n2CC(C(=O)NC2CCCCC2)(c2ccccc2)N1Cc1ccc2c(c1)OCO2. The number of carbonyl (C=O) groups excluding carboxylic acids is 2. The minimum atomic E-state index is -1.30. The molecule has 2 amide bonds. The van der Waals surface area contributed by atoms with Crippen LogP contribution in [0.5, 0.6) is 11.5 Å². The molecule has 1 aliphatic carbocycles. The maximum atomic E-state index is 14.7. The number of benzene rings is 2. The number of aryl methyl sites for hydroxylation is 1. The highest BCUT2D eigenvalue weighted by Crippen LogP contribution is 2.43. The lowest BCUT2D eigenvalue weighted by atomic mass is 9.83. The smallest absolute Gasteiger partial charge is 0.272 e. The average Bonchev–Trinajstić information content (AvgIpc) is 3.70. The lowest BCUT2D eigenvalue weighted by Gasteiger charge is -2.47. The maximum absolute atomic E-state index is 14.7. The zero-order valence-corrected chi connectivity index (χ0v) is 23.6. The number of hydrogen-bond donors (Lipinski definition) is 1. The summed E-state index contributed by atoms with van der Waals surface area (Å²) in [6.07, 6.45) is 5.54. The van der Waals surface area contributed by atoms with Crippen molar-refractivity contribution in [2.75, 3.05) is 13.5 Å². The van der Waals surface area contributed by atoms with Gasteiger partial charge in [0.25, 0.3) is 11.8 Å². The molecule has 212 valence electrons. The summed E-state index contributed by atoms with van der Waals surface area (Å²) in [6.45, 7) is 0.203. The predicted octanol–water partition coefficient (Wildman–Crippen LogP) is 5.94. The van der Waals surface area contributed by atoms with Crippen molar-refractivity contribution in [3.63, 3.8) is 0 Å².